The number of aromatic nitrogens is 2. The lowest BCUT2D eigenvalue weighted by Gasteiger charge is -2.23. The van der Waals surface area contributed by atoms with Gasteiger partial charge in [-0.1, -0.05) is 28.9 Å². The number of nitrogens with two attached hydrogens (primary N) is 1. The standard InChI is InChI=1S/C22H19ClN4O5/c1-9-7-14(26-32-9)27-18(12-5-4-6-13(23)8-12)16(20(29)22(27)31)19(28)15-10(2)17(21(24)30)25-11(15)3/h4-8,18,25,28H,1-3H3,(H2,24,30)/b19-16+. The van der Waals surface area contributed by atoms with Crippen molar-refractivity contribution in [2.75, 3.05) is 4.90 Å². The molecule has 2 aromatic heterocycles. The summed E-state index contributed by atoms with van der Waals surface area (Å²) in [5.41, 5.74) is 6.83. The van der Waals surface area contributed by atoms with Crippen molar-refractivity contribution in [3.8, 4) is 0 Å². The third kappa shape index (κ3) is 3.27. The SMILES string of the molecule is Cc1cc(N2C(=O)C(=O)/C(=C(/O)c3c(C)[nH]c(C(N)=O)c3C)C2c2cccc(Cl)c2)no1. The van der Waals surface area contributed by atoms with Gasteiger partial charge < -0.3 is 20.3 Å². The highest BCUT2D eigenvalue weighted by Gasteiger charge is 2.48. The fourth-order valence-electron chi connectivity index (χ4n) is 4.01. The van der Waals surface area contributed by atoms with Gasteiger partial charge in [-0.05, 0) is 44.0 Å². The Morgan fingerprint density at radius 3 is 2.53 bits per heavy atom. The van der Waals surface area contributed by atoms with Crippen LogP contribution < -0.4 is 10.6 Å². The first-order valence-electron chi connectivity index (χ1n) is 9.61. The van der Waals surface area contributed by atoms with E-state index in [1.54, 1.807) is 45.0 Å². The van der Waals surface area contributed by atoms with Crippen LogP contribution in [0.25, 0.3) is 5.76 Å². The molecule has 1 fully saturated rings. The number of primary amides is 1. The van der Waals surface area contributed by atoms with Crippen LogP contribution in [0.2, 0.25) is 5.02 Å². The quantitative estimate of drug-likeness (QED) is 0.313. The van der Waals surface area contributed by atoms with Crippen LogP contribution >= 0.6 is 11.6 Å². The van der Waals surface area contributed by atoms with E-state index in [9.17, 15) is 19.5 Å². The normalized spacial score (nSPS) is 17.9. The number of aryl methyl sites for hydroxylation is 2. The smallest absolute Gasteiger partial charge is 0.301 e. The van der Waals surface area contributed by atoms with Gasteiger partial charge in [0.05, 0.1) is 11.6 Å². The maximum Gasteiger partial charge on any atom is 0.301 e. The number of aromatic amines is 1. The van der Waals surface area contributed by atoms with Gasteiger partial charge in [0.1, 0.15) is 17.2 Å². The van der Waals surface area contributed by atoms with E-state index >= 15 is 0 Å². The number of aliphatic hydroxyl groups is 1. The van der Waals surface area contributed by atoms with Crippen molar-refractivity contribution < 1.29 is 24.0 Å². The van der Waals surface area contributed by atoms with E-state index in [0.29, 0.717) is 27.6 Å². The summed E-state index contributed by atoms with van der Waals surface area (Å²) in [5.74, 6) is -2.38. The zero-order valence-corrected chi connectivity index (χ0v) is 18.1. The molecular formula is C22H19ClN4O5. The monoisotopic (exact) mass is 454 g/mol. The van der Waals surface area contributed by atoms with Gasteiger partial charge in [0, 0.05) is 22.3 Å². The number of anilines is 1. The van der Waals surface area contributed by atoms with Crippen molar-refractivity contribution in [2.24, 2.45) is 5.73 Å². The minimum Gasteiger partial charge on any atom is -0.507 e. The summed E-state index contributed by atoms with van der Waals surface area (Å²) in [6.07, 6.45) is 0. The Hall–Kier alpha value is -3.85. The highest BCUT2D eigenvalue weighted by molar-refractivity contribution is 6.51. The summed E-state index contributed by atoms with van der Waals surface area (Å²) in [4.78, 5) is 41.9. The number of nitrogens with zero attached hydrogens (tertiary/aromatic N) is 2. The Balaban J connectivity index is 2.00. The lowest BCUT2D eigenvalue weighted by molar-refractivity contribution is -0.132. The molecule has 2 amide bonds. The lowest BCUT2D eigenvalue weighted by atomic mass is 9.94. The Morgan fingerprint density at radius 2 is 1.97 bits per heavy atom. The largest absolute Gasteiger partial charge is 0.507 e. The summed E-state index contributed by atoms with van der Waals surface area (Å²) in [7, 11) is 0. The number of hydrogen-bond donors (Lipinski definition) is 3. The number of nitrogens with one attached hydrogen (secondary N) is 1. The second-order valence-electron chi connectivity index (χ2n) is 7.51. The highest BCUT2D eigenvalue weighted by atomic mass is 35.5. The number of aliphatic hydroxyl groups excluding tert-OH is 1. The summed E-state index contributed by atoms with van der Waals surface area (Å²) in [6, 6.07) is 7.09. The maximum absolute atomic E-state index is 13.1. The molecular weight excluding hydrogens is 436 g/mol. The Morgan fingerprint density at radius 1 is 1.25 bits per heavy atom. The van der Waals surface area contributed by atoms with Gasteiger partial charge in [-0.2, -0.15) is 0 Å². The van der Waals surface area contributed by atoms with Crippen LogP contribution in [0, 0.1) is 20.8 Å². The van der Waals surface area contributed by atoms with E-state index in [0.717, 1.165) is 4.90 Å². The molecule has 9 nitrogen and oxygen atoms in total. The zero-order chi connectivity index (χ0) is 23.3. The van der Waals surface area contributed by atoms with Crippen LogP contribution in [0.1, 0.15) is 44.7 Å². The van der Waals surface area contributed by atoms with Gasteiger partial charge >= 0.3 is 5.91 Å². The number of rotatable bonds is 4. The summed E-state index contributed by atoms with van der Waals surface area (Å²) < 4.78 is 5.10. The number of carbonyl (C=O) groups is 3. The second-order valence-corrected chi connectivity index (χ2v) is 7.95. The fraction of sp³-hybridized carbons (Fsp3) is 0.182. The van der Waals surface area contributed by atoms with Crippen molar-refractivity contribution in [1.29, 1.82) is 0 Å². The minimum absolute atomic E-state index is 0.102. The van der Waals surface area contributed by atoms with Crippen LogP contribution in [0.5, 0.6) is 0 Å². The van der Waals surface area contributed by atoms with Crippen LogP contribution in [0.15, 0.2) is 40.4 Å². The van der Waals surface area contributed by atoms with Crippen LogP contribution in [0.4, 0.5) is 5.82 Å². The first kappa shape index (κ1) is 21.4. The molecule has 3 heterocycles. The van der Waals surface area contributed by atoms with Gasteiger partial charge in [0.15, 0.2) is 5.82 Å². The lowest BCUT2D eigenvalue weighted by Crippen LogP contribution is -2.29. The average molecular weight is 455 g/mol. The molecule has 1 aliphatic heterocycles. The van der Waals surface area contributed by atoms with E-state index in [1.807, 2.05) is 0 Å². The van der Waals surface area contributed by atoms with E-state index in [2.05, 4.69) is 10.1 Å². The van der Waals surface area contributed by atoms with Crippen molar-refractivity contribution >= 4 is 40.8 Å². The van der Waals surface area contributed by atoms with Gasteiger partial charge in [-0.15, -0.1) is 0 Å². The van der Waals surface area contributed by atoms with E-state index in [4.69, 9.17) is 21.9 Å². The maximum atomic E-state index is 13.1. The van der Waals surface area contributed by atoms with Gasteiger partial charge in [0.2, 0.25) is 0 Å². The summed E-state index contributed by atoms with van der Waals surface area (Å²) >= 11 is 6.17. The third-order valence-electron chi connectivity index (χ3n) is 5.39. The topological polar surface area (TPSA) is 143 Å². The molecule has 0 saturated carbocycles. The van der Waals surface area contributed by atoms with Crippen LogP contribution in [0.3, 0.4) is 0 Å². The Bertz CT molecular complexity index is 1320. The van der Waals surface area contributed by atoms with Gasteiger partial charge in [-0.25, -0.2) is 0 Å². The molecule has 1 saturated heterocycles. The minimum atomic E-state index is -1.02. The molecule has 1 aliphatic rings. The molecule has 0 bridgehead atoms. The fourth-order valence-corrected chi connectivity index (χ4v) is 4.21. The molecule has 1 unspecified atom stereocenters. The zero-order valence-electron chi connectivity index (χ0n) is 17.4. The average Bonchev–Trinajstić information content (AvgIpc) is 3.36. The van der Waals surface area contributed by atoms with Crippen LogP contribution in [-0.2, 0) is 9.59 Å². The summed E-state index contributed by atoms with van der Waals surface area (Å²) in [5, 5.41) is 15.5. The van der Waals surface area contributed by atoms with Gasteiger partial charge in [0.25, 0.3) is 11.7 Å². The number of H-pyrrole nitrogens is 1. The molecule has 0 spiro atoms. The Kier molecular flexibility index (Phi) is 5.14. The first-order valence-corrected chi connectivity index (χ1v) is 9.98. The molecule has 3 aromatic rings. The predicted molar refractivity (Wildman–Crippen MR) is 116 cm³/mol. The number of amides is 2. The molecule has 4 N–H and O–H groups in total. The van der Waals surface area contributed by atoms with E-state index < -0.39 is 29.4 Å². The molecule has 164 valence electrons. The van der Waals surface area contributed by atoms with E-state index in [1.165, 1.54) is 6.07 Å². The molecule has 4 rings (SSSR count). The van der Waals surface area contributed by atoms with Crippen LogP contribution in [-0.4, -0.2) is 32.8 Å². The van der Waals surface area contributed by atoms with Crippen molar-refractivity contribution in [3.05, 3.63) is 74.8 Å². The molecule has 1 atom stereocenters. The predicted octanol–water partition coefficient (Wildman–Crippen LogP) is 3.31. The summed E-state index contributed by atoms with van der Waals surface area (Å²) in [6.45, 7) is 4.86. The number of Topliss-reactive ketones (excluding diaryl/α,β-unsaturated/α-hetero) is 1. The number of benzene rings is 1. The second kappa shape index (κ2) is 7.69. The highest BCUT2D eigenvalue weighted by Crippen LogP contribution is 2.43. The number of ketones is 1. The molecule has 0 radical (unpaired) electrons. The number of halogens is 1. The molecule has 0 aliphatic carbocycles. The third-order valence-corrected chi connectivity index (χ3v) is 5.63. The van der Waals surface area contributed by atoms with E-state index in [-0.39, 0.29) is 22.6 Å². The first-order chi connectivity index (χ1) is 15.1. The molecule has 10 heteroatoms. The Labute approximate surface area is 187 Å². The van der Waals surface area contributed by atoms with Gasteiger partial charge in [-0.3, -0.25) is 19.3 Å². The molecule has 32 heavy (non-hydrogen) atoms. The van der Waals surface area contributed by atoms with Crippen molar-refractivity contribution in [3.63, 3.8) is 0 Å². The van der Waals surface area contributed by atoms with Crippen molar-refractivity contribution in [1.82, 2.24) is 10.1 Å². The van der Waals surface area contributed by atoms with Crippen molar-refractivity contribution in [2.45, 2.75) is 26.8 Å². The number of carbonyl (C=O) groups excluding carboxylic acids is 3. The molecule has 1 aromatic carbocycles. The number of hydrogen-bond acceptors (Lipinski definition) is 6.